The van der Waals surface area contributed by atoms with E-state index in [0.29, 0.717) is 17.8 Å². The van der Waals surface area contributed by atoms with E-state index in [1.54, 1.807) is 32.4 Å². The second-order valence-corrected chi connectivity index (χ2v) is 3.62. The molecule has 0 bridgehead atoms. The first-order valence-electron chi connectivity index (χ1n) is 5.14. The van der Waals surface area contributed by atoms with Gasteiger partial charge in [-0.15, -0.1) is 0 Å². The van der Waals surface area contributed by atoms with Crippen LogP contribution in [0.2, 0.25) is 0 Å². The monoisotopic (exact) mass is 288 g/mol. The zero-order valence-electron chi connectivity index (χ0n) is 10.6. The summed E-state index contributed by atoms with van der Waals surface area (Å²) in [7, 11) is 1.59. The first-order chi connectivity index (χ1) is 8.99. The lowest BCUT2D eigenvalue weighted by molar-refractivity contribution is 0.181. The van der Waals surface area contributed by atoms with Gasteiger partial charge in [-0.05, 0) is 19.1 Å². The second kappa shape index (κ2) is 9.83. The third-order valence-corrected chi connectivity index (χ3v) is 2.08. The van der Waals surface area contributed by atoms with Crippen LogP contribution in [0.3, 0.4) is 0 Å². The molecule has 0 fully saturated rings. The van der Waals surface area contributed by atoms with Crippen LogP contribution in [0.15, 0.2) is 18.3 Å². The number of primary amides is 1. The van der Waals surface area contributed by atoms with Gasteiger partial charge in [0.25, 0.3) is 0 Å². The number of anilines is 1. The highest BCUT2D eigenvalue weighted by molar-refractivity contribution is 8.12. The third kappa shape index (κ3) is 9.53. The minimum Gasteiger partial charge on any atom is -0.495 e. The molecular weight excluding hydrogens is 272 g/mol. The predicted molar refractivity (Wildman–Crippen MR) is 72.5 cm³/mol. The van der Waals surface area contributed by atoms with Crippen molar-refractivity contribution >= 4 is 29.1 Å². The molecular formula is C10H16N4O4S. The Bertz CT molecular complexity index is 399. The molecule has 0 aliphatic rings. The van der Waals surface area contributed by atoms with E-state index in [1.807, 2.05) is 4.72 Å². The minimum absolute atomic E-state index is 0.284. The largest absolute Gasteiger partial charge is 0.495 e. The van der Waals surface area contributed by atoms with Crippen molar-refractivity contribution in [2.45, 2.75) is 6.92 Å². The summed E-state index contributed by atoms with van der Waals surface area (Å²) in [6.45, 7) is 1.95. The Hall–Kier alpha value is -2.16. The van der Waals surface area contributed by atoms with Crippen LogP contribution >= 0.6 is 11.9 Å². The molecule has 1 heterocycles. The van der Waals surface area contributed by atoms with Crippen molar-refractivity contribution in [1.82, 2.24) is 9.71 Å². The topological polar surface area (TPSA) is 130 Å². The van der Waals surface area contributed by atoms with Gasteiger partial charge in [0, 0.05) is 0 Å². The van der Waals surface area contributed by atoms with E-state index in [9.17, 15) is 9.59 Å². The van der Waals surface area contributed by atoms with E-state index in [0.717, 1.165) is 5.75 Å². The molecule has 0 atom stereocenters. The normalized spacial score (nSPS) is 8.74. The molecule has 5 N–H and O–H groups in total. The molecule has 0 spiro atoms. The Labute approximate surface area is 115 Å². The number of urea groups is 1. The van der Waals surface area contributed by atoms with Crippen LogP contribution in [0.1, 0.15) is 6.92 Å². The molecule has 9 heteroatoms. The number of nitrogens with zero attached hydrogens (tertiary/aromatic N) is 1. The van der Waals surface area contributed by atoms with Gasteiger partial charge in [-0.2, -0.15) is 0 Å². The van der Waals surface area contributed by atoms with Gasteiger partial charge in [-0.1, -0.05) is 0 Å². The molecule has 106 valence electrons. The van der Waals surface area contributed by atoms with Gasteiger partial charge in [0.1, 0.15) is 11.6 Å². The van der Waals surface area contributed by atoms with Crippen LogP contribution in [0.5, 0.6) is 5.75 Å². The lowest BCUT2D eigenvalue weighted by Crippen LogP contribution is -2.24. The van der Waals surface area contributed by atoms with Crippen LogP contribution in [-0.4, -0.2) is 30.0 Å². The number of hydrogen-bond acceptors (Lipinski definition) is 7. The van der Waals surface area contributed by atoms with Crippen molar-refractivity contribution in [1.29, 1.82) is 0 Å². The van der Waals surface area contributed by atoms with Gasteiger partial charge in [0.2, 0.25) is 0 Å². The summed E-state index contributed by atoms with van der Waals surface area (Å²) in [4.78, 5) is 24.2. The Morgan fingerprint density at radius 2 is 2.16 bits per heavy atom. The Balaban J connectivity index is 0.000000342. The number of methoxy groups -OCH3 is 1. The highest BCUT2D eigenvalue weighted by Crippen LogP contribution is 2.07. The summed E-state index contributed by atoms with van der Waals surface area (Å²) in [6, 6.07) is 2.69. The highest BCUT2D eigenvalue weighted by Gasteiger charge is 2.02. The number of nitrogens with two attached hydrogens (primary N) is 2. The Morgan fingerprint density at radius 3 is 2.58 bits per heavy atom. The lowest BCUT2D eigenvalue weighted by Gasteiger charge is -1.98. The number of aromatic nitrogens is 1. The quantitative estimate of drug-likeness (QED) is 0.549. The van der Waals surface area contributed by atoms with E-state index >= 15 is 0 Å². The van der Waals surface area contributed by atoms with E-state index in [1.165, 1.54) is 0 Å². The maximum atomic E-state index is 10.4. The second-order valence-electron chi connectivity index (χ2n) is 2.87. The molecule has 1 aromatic heterocycles. The van der Waals surface area contributed by atoms with Crippen molar-refractivity contribution < 1.29 is 19.1 Å². The summed E-state index contributed by atoms with van der Waals surface area (Å²) in [6.07, 6.45) is 1.58. The van der Waals surface area contributed by atoms with E-state index in [-0.39, 0.29) is 6.61 Å². The first-order valence-corrected chi connectivity index (χ1v) is 5.95. The van der Waals surface area contributed by atoms with Gasteiger partial charge in [-0.25, -0.2) is 14.6 Å². The Morgan fingerprint density at radius 1 is 1.47 bits per heavy atom. The summed E-state index contributed by atoms with van der Waals surface area (Å²) < 4.78 is 11.3. The number of carbonyl (C=O) groups is 2. The van der Waals surface area contributed by atoms with Crippen molar-refractivity contribution in [2.75, 3.05) is 19.5 Å². The van der Waals surface area contributed by atoms with Crippen molar-refractivity contribution in [3.8, 4) is 5.75 Å². The van der Waals surface area contributed by atoms with Crippen LogP contribution < -0.4 is 20.9 Å². The molecule has 8 nitrogen and oxygen atoms in total. The van der Waals surface area contributed by atoms with Crippen LogP contribution in [0, 0.1) is 0 Å². The average Bonchev–Trinajstić information content (AvgIpc) is 2.38. The van der Waals surface area contributed by atoms with Crippen LogP contribution in [0.25, 0.3) is 0 Å². The number of nitrogen functional groups attached to an aromatic ring is 1. The molecule has 0 saturated carbocycles. The average molecular weight is 288 g/mol. The number of amides is 2. The number of rotatable bonds is 2. The number of nitrogens with one attached hydrogen (secondary N) is 1. The Kier molecular flexibility index (Phi) is 8.71. The van der Waals surface area contributed by atoms with Gasteiger partial charge in [0.15, 0.2) is 0 Å². The summed E-state index contributed by atoms with van der Waals surface area (Å²) in [5.74, 6) is 1.24. The number of ether oxygens (including phenoxy) is 2. The summed E-state index contributed by atoms with van der Waals surface area (Å²) in [5.41, 5.74) is 9.97. The van der Waals surface area contributed by atoms with Crippen LogP contribution in [-0.2, 0) is 4.74 Å². The maximum absolute atomic E-state index is 10.4. The van der Waals surface area contributed by atoms with Gasteiger partial charge in [0.05, 0.1) is 31.9 Å². The molecule has 1 aromatic rings. The molecule has 2 amide bonds. The summed E-state index contributed by atoms with van der Waals surface area (Å²) >= 11 is 0.523. The van der Waals surface area contributed by atoms with E-state index in [4.69, 9.17) is 10.5 Å². The van der Waals surface area contributed by atoms with Crippen LogP contribution in [0.4, 0.5) is 15.4 Å². The molecule has 0 unspecified atom stereocenters. The first kappa shape index (κ1) is 16.8. The number of carbonyl (C=O) groups excluding carboxylic acids is 2. The van der Waals surface area contributed by atoms with Gasteiger partial charge < -0.3 is 20.9 Å². The fourth-order valence-electron chi connectivity index (χ4n) is 0.752. The number of pyridine rings is 1. The predicted octanol–water partition coefficient (Wildman–Crippen LogP) is 1.13. The molecule has 0 saturated heterocycles. The van der Waals surface area contributed by atoms with Gasteiger partial charge >= 0.3 is 11.3 Å². The molecule has 19 heavy (non-hydrogen) atoms. The van der Waals surface area contributed by atoms with Crippen molar-refractivity contribution in [3.63, 3.8) is 0 Å². The molecule has 0 radical (unpaired) electrons. The highest BCUT2D eigenvalue weighted by atomic mass is 32.2. The fourth-order valence-corrected chi connectivity index (χ4v) is 1.11. The third-order valence-electron chi connectivity index (χ3n) is 1.49. The molecule has 0 aliphatic heterocycles. The van der Waals surface area contributed by atoms with E-state index < -0.39 is 11.3 Å². The van der Waals surface area contributed by atoms with E-state index in [2.05, 4.69) is 15.5 Å². The maximum Gasteiger partial charge on any atom is 0.388 e. The zero-order valence-corrected chi connectivity index (χ0v) is 11.4. The lowest BCUT2D eigenvalue weighted by atomic mass is 10.4. The number of hydrogen-bond donors (Lipinski definition) is 3. The minimum atomic E-state index is -0.766. The van der Waals surface area contributed by atoms with Crippen molar-refractivity contribution in [2.24, 2.45) is 5.73 Å². The smallest absolute Gasteiger partial charge is 0.388 e. The molecule has 1 rings (SSSR count). The molecule has 0 aromatic carbocycles. The fraction of sp³-hybridized carbons (Fsp3) is 0.300. The summed E-state index contributed by atoms with van der Waals surface area (Å²) in [5, 5.41) is -0.568. The SMILES string of the molecule is CCOC(=O)SNC(N)=O.COc1ccc(N)nc1. The van der Waals surface area contributed by atoms with Gasteiger partial charge in [-0.3, -0.25) is 4.72 Å². The molecule has 0 aliphatic carbocycles. The standard InChI is InChI=1S/C6H8N2O.C4H8N2O3S/c1-9-5-2-3-6(7)8-4-5;1-2-9-4(8)10-6-3(5)7/h2-4H,1H3,(H2,7,8);2H2,1H3,(H3,5,6,7). The van der Waals surface area contributed by atoms with Crippen molar-refractivity contribution in [3.05, 3.63) is 18.3 Å². The zero-order chi connectivity index (χ0) is 14.7.